The number of benzene rings is 2. The lowest BCUT2D eigenvalue weighted by Crippen LogP contribution is -2.50. The molecule has 0 spiro atoms. The van der Waals surface area contributed by atoms with E-state index >= 15 is 0 Å². The second-order valence-electron chi connectivity index (χ2n) is 9.67. The van der Waals surface area contributed by atoms with Crippen LogP contribution in [0.25, 0.3) is 10.9 Å². The smallest absolute Gasteiger partial charge is 0.414 e. The highest BCUT2D eigenvalue weighted by molar-refractivity contribution is 6.31. The summed E-state index contributed by atoms with van der Waals surface area (Å²) in [5.74, 6) is -3.26. The van der Waals surface area contributed by atoms with Crippen molar-refractivity contribution in [1.29, 1.82) is 0 Å². The van der Waals surface area contributed by atoms with Crippen molar-refractivity contribution in [2.45, 2.75) is 19.5 Å². The fraction of sp³-hybridized carbons (Fsp3) is 0.333. The normalized spacial score (nSPS) is 13.7. The third-order valence-electron chi connectivity index (χ3n) is 6.63. The monoisotopic (exact) mass is 556 g/mol. The molecule has 0 saturated carbocycles. The Morgan fingerprint density at radius 2 is 1.95 bits per heavy atom. The molecule has 0 bridgehead atoms. The zero-order valence-corrected chi connectivity index (χ0v) is 22.2. The number of carboxylic acids is 2. The van der Waals surface area contributed by atoms with E-state index in [1.807, 2.05) is 4.68 Å². The molecule has 0 unspecified atom stereocenters. The van der Waals surface area contributed by atoms with Crippen molar-refractivity contribution in [2.24, 2.45) is 5.92 Å². The molecule has 0 aliphatic carbocycles. The van der Waals surface area contributed by atoms with E-state index in [1.165, 1.54) is 22.6 Å². The van der Waals surface area contributed by atoms with Crippen LogP contribution in [0.5, 0.6) is 0 Å². The van der Waals surface area contributed by atoms with Gasteiger partial charge in [0, 0.05) is 60.4 Å². The average Bonchev–Trinajstić information content (AvgIpc) is 3.53. The highest BCUT2D eigenvalue weighted by Gasteiger charge is 2.28. The summed E-state index contributed by atoms with van der Waals surface area (Å²) in [6.07, 6.45) is 6.42. The molecule has 0 radical (unpaired) electrons. The Kier molecular flexibility index (Phi) is 9.28. The van der Waals surface area contributed by atoms with Gasteiger partial charge in [-0.25, -0.2) is 23.6 Å². The number of nitrogens with zero attached hydrogens (tertiary/aromatic N) is 5. The van der Waals surface area contributed by atoms with Gasteiger partial charge in [0.1, 0.15) is 18.5 Å². The average molecular weight is 557 g/mol. The van der Waals surface area contributed by atoms with E-state index in [0.717, 1.165) is 44.7 Å². The molecule has 0 amide bonds. The van der Waals surface area contributed by atoms with Crippen LogP contribution in [-0.2, 0) is 29.1 Å². The summed E-state index contributed by atoms with van der Waals surface area (Å²) in [6, 6.07) is 11.4. The van der Waals surface area contributed by atoms with Crippen molar-refractivity contribution in [3.63, 3.8) is 0 Å². The third-order valence-corrected chi connectivity index (χ3v) is 6.99. The fourth-order valence-electron chi connectivity index (χ4n) is 4.70. The maximum atomic E-state index is 14.0. The predicted molar refractivity (Wildman–Crippen MR) is 144 cm³/mol. The molecule has 1 aliphatic heterocycles. The van der Waals surface area contributed by atoms with Crippen LogP contribution in [0, 0.1) is 11.7 Å². The number of halogens is 2. The van der Waals surface area contributed by atoms with Crippen LogP contribution in [0.2, 0.25) is 5.02 Å². The molecule has 1 fully saturated rings. The standard InChI is InChI=1S/C25H28ClFN6.C2H2O4/c1-31(11-19-12-32(13-19)15-22-23(26)3-2-4-24(22)27)8-7-20-10-29-25-6-5-18(9-21(20)25)14-33-17-28-16-30-33;3-1(4)2(5)6/h2-6,9-10,16-17,19,29H,7-8,11-15H2,1H3;(H,3,4)(H,5,6). The number of carbonyl (C=O) groups is 2. The zero-order valence-electron chi connectivity index (χ0n) is 21.4. The van der Waals surface area contributed by atoms with Crippen LogP contribution in [-0.4, -0.2) is 84.9 Å². The topological polar surface area (TPSA) is 128 Å². The van der Waals surface area contributed by atoms with Crippen LogP contribution in [0.4, 0.5) is 4.39 Å². The summed E-state index contributed by atoms with van der Waals surface area (Å²) in [4.78, 5) is 30.3. The van der Waals surface area contributed by atoms with Crippen LogP contribution in [0.1, 0.15) is 16.7 Å². The number of fused-ring (bicyclic) bond motifs is 1. The zero-order chi connectivity index (χ0) is 27.9. The molecule has 2 aromatic carbocycles. The molecule has 1 saturated heterocycles. The molecule has 1 aliphatic rings. The van der Waals surface area contributed by atoms with E-state index in [1.54, 1.807) is 24.8 Å². The number of hydrogen-bond donors (Lipinski definition) is 3. The number of aromatic nitrogens is 4. The van der Waals surface area contributed by atoms with Crippen LogP contribution < -0.4 is 0 Å². The molecular formula is C27H30ClFN6O4. The van der Waals surface area contributed by atoms with E-state index in [0.29, 0.717) is 23.0 Å². The number of likely N-dealkylation sites (N-methyl/N-ethyl adjacent to an activating group) is 1. The van der Waals surface area contributed by atoms with Gasteiger partial charge in [0.05, 0.1) is 6.54 Å². The Morgan fingerprint density at radius 1 is 1.18 bits per heavy atom. The molecule has 206 valence electrons. The molecule has 3 heterocycles. The first-order valence-corrected chi connectivity index (χ1v) is 12.8. The second kappa shape index (κ2) is 12.8. The minimum Gasteiger partial charge on any atom is -0.473 e. The van der Waals surface area contributed by atoms with E-state index in [9.17, 15) is 4.39 Å². The first kappa shape index (κ1) is 28.2. The van der Waals surface area contributed by atoms with Crippen molar-refractivity contribution in [1.82, 2.24) is 29.5 Å². The number of H-pyrrole nitrogens is 1. The number of rotatable bonds is 9. The molecule has 4 aromatic rings. The number of likely N-dealkylation sites (tertiary alicyclic amines) is 1. The fourth-order valence-corrected chi connectivity index (χ4v) is 4.93. The van der Waals surface area contributed by atoms with Gasteiger partial charge in [-0.1, -0.05) is 23.7 Å². The van der Waals surface area contributed by atoms with Gasteiger partial charge in [-0.2, -0.15) is 5.10 Å². The van der Waals surface area contributed by atoms with Crippen LogP contribution >= 0.6 is 11.6 Å². The molecule has 2 aromatic heterocycles. The minimum atomic E-state index is -1.82. The molecule has 5 rings (SSSR count). The van der Waals surface area contributed by atoms with Gasteiger partial charge in [0.25, 0.3) is 0 Å². The first-order valence-electron chi connectivity index (χ1n) is 12.4. The van der Waals surface area contributed by atoms with E-state index in [2.05, 4.69) is 56.3 Å². The molecule has 39 heavy (non-hydrogen) atoms. The Bertz CT molecular complexity index is 1390. The van der Waals surface area contributed by atoms with Gasteiger partial charge in [0.2, 0.25) is 0 Å². The highest BCUT2D eigenvalue weighted by atomic mass is 35.5. The van der Waals surface area contributed by atoms with Crippen molar-refractivity contribution in [3.8, 4) is 0 Å². The largest absolute Gasteiger partial charge is 0.473 e. The Balaban J connectivity index is 0.000000531. The van der Waals surface area contributed by atoms with E-state index < -0.39 is 11.9 Å². The van der Waals surface area contributed by atoms with Gasteiger partial charge in [0.15, 0.2) is 0 Å². The van der Waals surface area contributed by atoms with Crippen molar-refractivity contribution >= 4 is 34.4 Å². The number of aromatic amines is 1. The van der Waals surface area contributed by atoms with Gasteiger partial charge in [-0.15, -0.1) is 0 Å². The van der Waals surface area contributed by atoms with Crippen LogP contribution in [0.3, 0.4) is 0 Å². The lowest BCUT2D eigenvalue weighted by atomic mass is 9.98. The Labute approximate surface area is 229 Å². The maximum Gasteiger partial charge on any atom is 0.414 e. The van der Waals surface area contributed by atoms with Crippen LogP contribution in [0.15, 0.2) is 55.2 Å². The lowest BCUT2D eigenvalue weighted by molar-refractivity contribution is -0.159. The number of carboxylic acid groups (broad SMARTS) is 2. The third kappa shape index (κ3) is 7.62. The van der Waals surface area contributed by atoms with E-state index in [4.69, 9.17) is 31.4 Å². The number of aliphatic carboxylic acids is 2. The second-order valence-corrected chi connectivity index (χ2v) is 10.1. The van der Waals surface area contributed by atoms with Gasteiger partial charge < -0.3 is 20.1 Å². The molecule has 12 heteroatoms. The molecule has 3 N–H and O–H groups in total. The highest BCUT2D eigenvalue weighted by Crippen LogP contribution is 2.26. The first-order chi connectivity index (χ1) is 18.7. The van der Waals surface area contributed by atoms with Gasteiger partial charge >= 0.3 is 11.9 Å². The quantitative estimate of drug-likeness (QED) is 0.268. The Morgan fingerprint density at radius 3 is 2.62 bits per heavy atom. The maximum absolute atomic E-state index is 14.0. The lowest BCUT2D eigenvalue weighted by Gasteiger charge is -2.41. The summed E-state index contributed by atoms with van der Waals surface area (Å²) in [7, 11) is 2.18. The van der Waals surface area contributed by atoms with Gasteiger partial charge in [-0.3, -0.25) is 4.90 Å². The Hall–Kier alpha value is -3.80. The molecule has 0 atom stereocenters. The summed E-state index contributed by atoms with van der Waals surface area (Å²) in [5.41, 5.74) is 4.32. The SMILES string of the molecule is CN(CCc1c[nH]c2ccc(Cn3cncn3)cc12)CC1CN(Cc2c(F)cccc2Cl)C1.O=C(O)C(=O)O. The summed E-state index contributed by atoms with van der Waals surface area (Å²) >= 11 is 6.17. The number of nitrogens with one attached hydrogen (secondary N) is 1. The van der Waals surface area contributed by atoms with Crippen molar-refractivity contribution < 1.29 is 24.2 Å². The molecule has 10 nitrogen and oxygen atoms in total. The number of hydrogen-bond acceptors (Lipinski definition) is 6. The van der Waals surface area contributed by atoms with Crippen molar-refractivity contribution in [3.05, 3.63) is 82.8 Å². The van der Waals surface area contributed by atoms with E-state index in [-0.39, 0.29) is 5.82 Å². The van der Waals surface area contributed by atoms with Gasteiger partial charge in [-0.05, 0) is 54.8 Å². The predicted octanol–water partition coefficient (Wildman–Crippen LogP) is 3.36. The summed E-state index contributed by atoms with van der Waals surface area (Å²) in [6.45, 7) is 5.30. The summed E-state index contributed by atoms with van der Waals surface area (Å²) in [5, 5.41) is 20.8. The molecular weight excluding hydrogens is 527 g/mol. The minimum absolute atomic E-state index is 0.216. The summed E-state index contributed by atoms with van der Waals surface area (Å²) < 4.78 is 15.9. The van der Waals surface area contributed by atoms with Crippen molar-refractivity contribution in [2.75, 3.05) is 33.2 Å².